The van der Waals surface area contributed by atoms with Crippen molar-refractivity contribution >= 4 is 5.78 Å². The van der Waals surface area contributed by atoms with Gasteiger partial charge >= 0.3 is 0 Å². The van der Waals surface area contributed by atoms with Crippen molar-refractivity contribution in [3.63, 3.8) is 0 Å². The molecule has 0 saturated heterocycles. The molecule has 18 heavy (non-hydrogen) atoms. The number of rotatable bonds is 4. The molecule has 1 aromatic rings. The topological polar surface area (TPSA) is 61.5 Å². The van der Waals surface area contributed by atoms with Crippen LogP contribution in [-0.2, 0) is 0 Å². The number of nitrogens with two attached hydrogens (primary N) is 1. The monoisotopic (exact) mass is 249 g/mol. The van der Waals surface area contributed by atoms with Gasteiger partial charge in [-0.1, -0.05) is 0 Å². The lowest BCUT2D eigenvalue weighted by atomic mass is 9.76. The largest absolute Gasteiger partial charge is 0.496 e. The molecule has 4 heteroatoms. The molecule has 1 saturated carbocycles. The van der Waals surface area contributed by atoms with Crippen LogP contribution in [-0.4, -0.2) is 26.0 Å². The first kappa shape index (κ1) is 12.9. The highest BCUT2D eigenvalue weighted by Gasteiger charge is 2.34. The highest BCUT2D eigenvalue weighted by atomic mass is 16.5. The van der Waals surface area contributed by atoms with Crippen molar-refractivity contribution in [2.45, 2.75) is 25.8 Å². The van der Waals surface area contributed by atoms with Gasteiger partial charge < -0.3 is 15.2 Å². The van der Waals surface area contributed by atoms with Crippen LogP contribution in [0.25, 0.3) is 0 Å². The normalized spacial score (nSPS) is 22.2. The van der Waals surface area contributed by atoms with Crippen molar-refractivity contribution in [2.75, 3.05) is 14.2 Å². The second-order valence-electron chi connectivity index (χ2n) is 4.77. The predicted molar refractivity (Wildman–Crippen MR) is 69.3 cm³/mol. The van der Waals surface area contributed by atoms with Crippen LogP contribution in [0.3, 0.4) is 0 Å². The predicted octanol–water partition coefficient (Wildman–Crippen LogP) is 1.93. The molecule has 0 spiro atoms. The van der Waals surface area contributed by atoms with E-state index in [4.69, 9.17) is 15.2 Å². The molecule has 1 fully saturated rings. The van der Waals surface area contributed by atoms with Gasteiger partial charge in [-0.05, 0) is 31.9 Å². The fraction of sp³-hybridized carbons (Fsp3) is 0.500. The van der Waals surface area contributed by atoms with Crippen LogP contribution in [0.15, 0.2) is 12.1 Å². The minimum absolute atomic E-state index is 0.0432. The molecule has 0 aliphatic heterocycles. The zero-order chi connectivity index (χ0) is 13.3. The van der Waals surface area contributed by atoms with E-state index in [2.05, 4.69) is 0 Å². The molecule has 0 aromatic heterocycles. The molecule has 2 rings (SSSR count). The summed E-state index contributed by atoms with van der Waals surface area (Å²) in [5.74, 6) is 1.51. The maximum atomic E-state index is 12.3. The molecule has 98 valence electrons. The molecule has 0 radical (unpaired) electrons. The summed E-state index contributed by atoms with van der Waals surface area (Å²) < 4.78 is 10.6. The van der Waals surface area contributed by atoms with E-state index in [1.54, 1.807) is 20.3 Å². The van der Waals surface area contributed by atoms with Gasteiger partial charge in [-0.25, -0.2) is 0 Å². The van der Waals surface area contributed by atoms with Gasteiger partial charge in [0.1, 0.15) is 11.5 Å². The lowest BCUT2D eigenvalue weighted by molar-refractivity contribution is 0.0829. The van der Waals surface area contributed by atoms with Crippen molar-refractivity contribution in [1.82, 2.24) is 0 Å². The number of hydrogen-bond donors (Lipinski definition) is 1. The first-order valence-corrected chi connectivity index (χ1v) is 6.09. The van der Waals surface area contributed by atoms with Gasteiger partial charge in [0.25, 0.3) is 0 Å². The van der Waals surface area contributed by atoms with Gasteiger partial charge in [0.05, 0.1) is 19.8 Å². The van der Waals surface area contributed by atoms with Gasteiger partial charge in [-0.15, -0.1) is 0 Å². The van der Waals surface area contributed by atoms with Crippen LogP contribution in [0.1, 0.15) is 28.8 Å². The fourth-order valence-corrected chi connectivity index (χ4v) is 2.45. The molecule has 1 aromatic carbocycles. The summed E-state index contributed by atoms with van der Waals surface area (Å²) in [5, 5.41) is 0. The summed E-state index contributed by atoms with van der Waals surface area (Å²) in [6.07, 6.45) is 1.54. The Kier molecular flexibility index (Phi) is 3.57. The summed E-state index contributed by atoms with van der Waals surface area (Å²) in [6, 6.07) is 3.75. The van der Waals surface area contributed by atoms with Crippen LogP contribution in [0, 0.1) is 12.8 Å². The number of hydrogen-bond acceptors (Lipinski definition) is 4. The minimum atomic E-state index is 0.0432. The maximum Gasteiger partial charge on any atom is 0.169 e. The van der Waals surface area contributed by atoms with E-state index in [1.165, 1.54) is 0 Å². The van der Waals surface area contributed by atoms with E-state index >= 15 is 0 Å². The van der Waals surface area contributed by atoms with Gasteiger partial charge in [0, 0.05) is 17.5 Å². The Labute approximate surface area is 107 Å². The third kappa shape index (κ3) is 2.08. The van der Waals surface area contributed by atoms with Gasteiger partial charge in [-0.3, -0.25) is 4.79 Å². The molecule has 0 unspecified atom stereocenters. The molecule has 1 aliphatic carbocycles. The molecule has 4 nitrogen and oxygen atoms in total. The van der Waals surface area contributed by atoms with Crippen molar-refractivity contribution < 1.29 is 14.3 Å². The Balaban J connectivity index is 2.33. The Morgan fingerprint density at radius 2 is 1.94 bits per heavy atom. The van der Waals surface area contributed by atoms with E-state index in [0.29, 0.717) is 11.3 Å². The van der Waals surface area contributed by atoms with Crippen LogP contribution >= 0.6 is 0 Å². The quantitative estimate of drug-likeness (QED) is 0.828. The number of Topliss-reactive ketones (excluding diaryl/α,β-unsaturated/α-hetero) is 1. The fourth-order valence-electron chi connectivity index (χ4n) is 2.45. The highest BCUT2D eigenvalue weighted by molar-refractivity contribution is 6.01. The van der Waals surface area contributed by atoms with Gasteiger partial charge in [-0.2, -0.15) is 0 Å². The van der Waals surface area contributed by atoms with Gasteiger partial charge in [0.15, 0.2) is 5.78 Å². The van der Waals surface area contributed by atoms with Crippen molar-refractivity contribution in [3.8, 4) is 11.5 Å². The standard InChI is InChI=1S/C14H19NO3/c1-8-12(17-2)5-4-11(14(8)18-3)13(16)9-6-10(15)7-9/h4-5,9-10H,6-7,15H2,1-3H3. The Morgan fingerprint density at radius 3 is 2.44 bits per heavy atom. The van der Waals surface area contributed by atoms with Crippen molar-refractivity contribution in [2.24, 2.45) is 11.7 Å². The number of ketones is 1. The molecule has 0 amide bonds. The summed E-state index contributed by atoms with van der Waals surface area (Å²) in [4.78, 5) is 12.3. The molecular formula is C14H19NO3. The SMILES string of the molecule is COc1ccc(C(=O)C2CC(N)C2)c(OC)c1C. The lowest BCUT2D eigenvalue weighted by Gasteiger charge is -2.31. The summed E-state index contributed by atoms with van der Waals surface area (Å²) in [7, 11) is 3.18. The zero-order valence-electron chi connectivity index (χ0n) is 11.0. The van der Waals surface area contributed by atoms with Crippen molar-refractivity contribution in [1.29, 1.82) is 0 Å². The van der Waals surface area contributed by atoms with Crippen LogP contribution in [0.2, 0.25) is 0 Å². The average molecular weight is 249 g/mol. The van der Waals surface area contributed by atoms with Crippen LogP contribution in [0.5, 0.6) is 11.5 Å². The summed E-state index contributed by atoms with van der Waals surface area (Å²) in [6.45, 7) is 1.89. The number of carbonyl (C=O) groups excluding carboxylic acids is 1. The Hall–Kier alpha value is -1.55. The van der Waals surface area contributed by atoms with E-state index in [0.717, 1.165) is 24.2 Å². The van der Waals surface area contributed by atoms with Crippen molar-refractivity contribution in [3.05, 3.63) is 23.3 Å². The third-order valence-corrected chi connectivity index (χ3v) is 3.59. The van der Waals surface area contributed by atoms with Gasteiger partial charge in [0.2, 0.25) is 0 Å². The molecular weight excluding hydrogens is 230 g/mol. The third-order valence-electron chi connectivity index (χ3n) is 3.59. The second-order valence-corrected chi connectivity index (χ2v) is 4.77. The van der Waals surface area contributed by atoms with E-state index in [9.17, 15) is 4.79 Å². The van der Waals surface area contributed by atoms with E-state index in [-0.39, 0.29) is 17.7 Å². The van der Waals surface area contributed by atoms with Crippen LogP contribution in [0.4, 0.5) is 0 Å². The van der Waals surface area contributed by atoms with E-state index in [1.807, 2.05) is 13.0 Å². The molecule has 0 heterocycles. The average Bonchev–Trinajstić information content (AvgIpc) is 2.33. The summed E-state index contributed by atoms with van der Waals surface area (Å²) >= 11 is 0. The Bertz CT molecular complexity index is 464. The molecule has 2 N–H and O–H groups in total. The number of benzene rings is 1. The number of carbonyl (C=O) groups is 1. The molecule has 0 bridgehead atoms. The van der Waals surface area contributed by atoms with Crippen LogP contribution < -0.4 is 15.2 Å². The molecule has 1 aliphatic rings. The first-order valence-electron chi connectivity index (χ1n) is 6.09. The molecule has 0 atom stereocenters. The lowest BCUT2D eigenvalue weighted by Crippen LogP contribution is -2.40. The maximum absolute atomic E-state index is 12.3. The summed E-state index contributed by atoms with van der Waals surface area (Å²) in [5.41, 5.74) is 7.22. The smallest absolute Gasteiger partial charge is 0.169 e. The van der Waals surface area contributed by atoms with E-state index < -0.39 is 0 Å². The zero-order valence-corrected chi connectivity index (χ0v) is 11.0. The highest BCUT2D eigenvalue weighted by Crippen LogP contribution is 2.36. The first-order chi connectivity index (χ1) is 8.58. The number of ether oxygens (including phenoxy) is 2. The number of methoxy groups -OCH3 is 2. The minimum Gasteiger partial charge on any atom is -0.496 e. The second kappa shape index (κ2) is 4.98. The Morgan fingerprint density at radius 1 is 1.28 bits per heavy atom.